The van der Waals surface area contributed by atoms with E-state index in [9.17, 15) is 13.2 Å². The van der Waals surface area contributed by atoms with Crippen molar-refractivity contribution in [1.82, 2.24) is 19.4 Å². The highest BCUT2D eigenvalue weighted by atomic mass is 35.5. The van der Waals surface area contributed by atoms with Crippen LogP contribution in [0.4, 0.5) is 0 Å². The maximum absolute atomic E-state index is 13.0. The van der Waals surface area contributed by atoms with E-state index in [-0.39, 0.29) is 35.0 Å². The lowest BCUT2D eigenvalue weighted by molar-refractivity contribution is -0.131. The van der Waals surface area contributed by atoms with Crippen molar-refractivity contribution in [2.75, 3.05) is 13.6 Å². The molecular formula is C19H25ClN4O4S. The lowest BCUT2D eigenvalue weighted by Crippen LogP contribution is -2.30. The van der Waals surface area contributed by atoms with Crippen LogP contribution in [0.25, 0.3) is 0 Å². The Kier molecular flexibility index (Phi) is 6.60. The Hall–Kier alpha value is -1.97. The van der Waals surface area contributed by atoms with E-state index >= 15 is 0 Å². The summed E-state index contributed by atoms with van der Waals surface area (Å²) in [6, 6.07) is 5.56. The summed E-state index contributed by atoms with van der Waals surface area (Å²) in [6.07, 6.45) is 1.73. The fourth-order valence-electron chi connectivity index (χ4n) is 3.28. The molecule has 158 valence electrons. The molecule has 1 fully saturated rings. The van der Waals surface area contributed by atoms with Crippen LogP contribution in [0.5, 0.6) is 0 Å². The normalized spacial score (nSPS) is 17.8. The molecule has 1 aliphatic rings. The van der Waals surface area contributed by atoms with Crippen LogP contribution in [-0.4, -0.2) is 47.3 Å². The molecular weight excluding hydrogens is 416 g/mol. The van der Waals surface area contributed by atoms with Gasteiger partial charge in [0.05, 0.1) is 11.4 Å². The van der Waals surface area contributed by atoms with Crippen molar-refractivity contribution >= 4 is 27.5 Å². The number of rotatable bonds is 7. The zero-order chi connectivity index (χ0) is 21.2. The van der Waals surface area contributed by atoms with Gasteiger partial charge in [-0.15, -0.1) is 10.2 Å². The van der Waals surface area contributed by atoms with E-state index in [2.05, 4.69) is 10.2 Å². The van der Waals surface area contributed by atoms with Crippen molar-refractivity contribution in [3.8, 4) is 0 Å². The third-order valence-corrected chi connectivity index (χ3v) is 6.95. The summed E-state index contributed by atoms with van der Waals surface area (Å²) in [5.74, 6) is 0.788. The van der Waals surface area contributed by atoms with Gasteiger partial charge in [0.15, 0.2) is 0 Å². The summed E-state index contributed by atoms with van der Waals surface area (Å²) in [7, 11) is -2.03. The maximum atomic E-state index is 13.0. The van der Waals surface area contributed by atoms with Crippen molar-refractivity contribution in [3.05, 3.63) is 41.1 Å². The number of halogens is 1. The van der Waals surface area contributed by atoms with E-state index in [0.29, 0.717) is 30.8 Å². The number of nitrogens with zero attached hydrogens (tertiary/aromatic N) is 4. The van der Waals surface area contributed by atoms with E-state index in [1.165, 1.54) is 21.3 Å². The molecule has 8 nitrogen and oxygen atoms in total. The quantitative estimate of drug-likeness (QED) is 0.655. The highest BCUT2D eigenvalue weighted by Gasteiger charge is 2.39. The molecule has 2 aromatic rings. The molecule has 0 radical (unpaired) electrons. The van der Waals surface area contributed by atoms with Crippen LogP contribution in [0.2, 0.25) is 5.02 Å². The minimum Gasteiger partial charge on any atom is -0.422 e. The minimum atomic E-state index is -3.71. The van der Waals surface area contributed by atoms with Gasteiger partial charge in [0, 0.05) is 25.0 Å². The van der Waals surface area contributed by atoms with Crippen LogP contribution in [0.15, 0.2) is 33.6 Å². The van der Waals surface area contributed by atoms with Crippen molar-refractivity contribution in [2.24, 2.45) is 5.92 Å². The number of aromatic nitrogens is 2. The summed E-state index contributed by atoms with van der Waals surface area (Å²) in [5, 5.41) is 8.55. The number of amides is 1. The number of hydrogen-bond donors (Lipinski definition) is 0. The average Bonchev–Trinajstić information content (AvgIpc) is 3.30. The van der Waals surface area contributed by atoms with Crippen LogP contribution >= 0.6 is 11.6 Å². The van der Waals surface area contributed by atoms with Gasteiger partial charge in [-0.05, 0) is 43.0 Å². The second-order valence-corrected chi connectivity index (χ2v) is 9.94. The van der Waals surface area contributed by atoms with Crippen molar-refractivity contribution in [3.63, 3.8) is 0 Å². The molecule has 0 saturated carbocycles. The fraction of sp³-hybridized carbons (Fsp3) is 0.526. The SMILES string of the molecule is CC(C)CC(=O)N(C)Cc1nnc([C@H]2CCCN2S(=O)(=O)c2ccc(Cl)cc2)o1. The smallest absolute Gasteiger partial charge is 0.243 e. The van der Waals surface area contributed by atoms with Crippen LogP contribution in [0, 0.1) is 5.92 Å². The Bertz CT molecular complexity index is 959. The van der Waals surface area contributed by atoms with Gasteiger partial charge < -0.3 is 9.32 Å². The molecule has 1 amide bonds. The van der Waals surface area contributed by atoms with E-state index in [1.54, 1.807) is 19.2 Å². The molecule has 29 heavy (non-hydrogen) atoms. The minimum absolute atomic E-state index is 0.00689. The molecule has 1 saturated heterocycles. The molecule has 3 rings (SSSR count). The zero-order valence-electron chi connectivity index (χ0n) is 16.7. The van der Waals surface area contributed by atoms with Gasteiger partial charge in [-0.1, -0.05) is 25.4 Å². The predicted octanol–water partition coefficient (Wildman–Crippen LogP) is 3.25. The van der Waals surface area contributed by atoms with Gasteiger partial charge in [-0.2, -0.15) is 4.31 Å². The molecule has 0 aliphatic carbocycles. The topological polar surface area (TPSA) is 96.6 Å². The maximum Gasteiger partial charge on any atom is 0.243 e. The van der Waals surface area contributed by atoms with Crippen LogP contribution in [-0.2, 0) is 21.4 Å². The molecule has 0 unspecified atom stereocenters. The second-order valence-electron chi connectivity index (χ2n) is 7.61. The van der Waals surface area contributed by atoms with E-state index in [0.717, 1.165) is 0 Å². The van der Waals surface area contributed by atoms with Crippen molar-refractivity contribution < 1.29 is 17.6 Å². The predicted molar refractivity (Wildman–Crippen MR) is 108 cm³/mol. The van der Waals surface area contributed by atoms with Crippen LogP contribution < -0.4 is 0 Å². The average molecular weight is 441 g/mol. The second kappa shape index (κ2) is 8.81. The highest BCUT2D eigenvalue weighted by Crippen LogP contribution is 2.36. The van der Waals surface area contributed by atoms with E-state index < -0.39 is 16.1 Å². The Balaban J connectivity index is 1.75. The van der Waals surface area contributed by atoms with E-state index in [1.807, 2.05) is 13.8 Å². The first-order chi connectivity index (χ1) is 13.7. The van der Waals surface area contributed by atoms with Gasteiger partial charge in [0.2, 0.25) is 27.7 Å². The monoisotopic (exact) mass is 440 g/mol. The first kappa shape index (κ1) is 21.7. The molecule has 2 heterocycles. The Morgan fingerprint density at radius 2 is 2.00 bits per heavy atom. The first-order valence-electron chi connectivity index (χ1n) is 9.52. The molecule has 1 aliphatic heterocycles. The number of hydrogen-bond acceptors (Lipinski definition) is 6. The lowest BCUT2D eigenvalue weighted by atomic mass is 10.1. The van der Waals surface area contributed by atoms with Gasteiger partial charge >= 0.3 is 0 Å². The third-order valence-electron chi connectivity index (χ3n) is 4.77. The van der Waals surface area contributed by atoms with Crippen LogP contribution in [0.3, 0.4) is 0 Å². The number of carbonyl (C=O) groups excluding carboxylic acids is 1. The van der Waals surface area contributed by atoms with Crippen LogP contribution in [0.1, 0.15) is 50.9 Å². The summed E-state index contributed by atoms with van der Waals surface area (Å²) in [4.78, 5) is 13.8. The van der Waals surface area contributed by atoms with Gasteiger partial charge in [-0.3, -0.25) is 4.79 Å². The largest absolute Gasteiger partial charge is 0.422 e. The van der Waals surface area contributed by atoms with Gasteiger partial charge in [0.25, 0.3) is 0 Å². The molecule has 0 N–H and O–H groups in total. The molecule has 1 aromatic carbocycles. The zero-order valence-corrected chi connectivity index (χ0v) is 18.3. The Labute approximate surface area is 175 Å². The molecule has 1 atom stereocenters. The summed E-state index contributed by atoms with van der Waals surface area (Å²) < 4.78 is 33.2. The summed E-state index contributed by atoms with van der Waals surface area (Å²) >= 11 is 5.87. The Morgan fingerprint density at radius 1 is 1.31 bits per heavy atom. The lowest BCUT2D eigenvalue weighted by Gasteiger charge is -2.21. The number of benzene rings is 1. The van der Waals surface area contributed by atoms with E-state index in [4.69, 9.17) is 16.0 Å². The third kappa shape index (κ3) is 4.96. The first-order valence-corrected chi connectivity index (χ1v) is 11.3. The summed E-state index contributed by atoms with van der Waals surface area (Å²) in [5.41, 5.74) is 0. The van der Waals surface area contributed by atoms with Crippen molar-refractivity contribution in [1.29, 1.82) is 0 Å². The number of sulfonamides is 1. The Morgan fingerprint density at radius 3 is 2.66 bits per heavy atom. The molecule has 0 bridgehead atoms. The number of carbonyl (C=O) groups is 1. The van der Waals surface area contributed by atoms with Gasteiger partial charge in [0.1, 0.15) is 6.04 Å². The van der Waals surface area contributed by atoms with Gasteiger partial charge in [-0.25, -0.2) is 8.42 Å². The standard InChI is InChI=1S/C19H25ClN4O4S/c1-13(2)11-18(25)23(3)12-17-21-22-19(28-17)16-5-4-10-24(16)29(26,27)15-8-6-14(20)7-9-15/h6-9,13,16H,4-5,10-12H2,1-3H3/t16-/m1/s1. The molecule has 0 spiro atoms. The molecule has 1 aromatic heterocycles. The van der Waals surface area contributed by atoms with Crippen molar-refractivity contribution in [2.45, 2.75) is 50.6 Å². The molecule has 10 heteroatoms. The highest BCUT2D eigenvalue weighted by molar-refractivity contribution is 7.89. The fourth-order valence-corrected chi connectivity index (χ4v) is 5.05. The summed E-state index contributed by atoms with van der Waals surface area (Å²) in [6.45, 7) is 4.52.